The predicted molar refractivity (Wildman–Crippen MR) is 70.1 cm³/mol. The molecule has 2 unspecified atom stereocenters. The number of carbonyl (C=O) groups excluding carboxylic acids is 2. The van der Waals surface area contributed by atoms with Crippen LogP contribution < -0.4 is 0 Å². The molecule has 0 aliphatic rings. The summed E-state index contributed by atoms with van der Waals surface area (Å²) in [6.07, 6.45) is -3.18. The minimum Gasteiger partial charge on any atom is -0.465 e. The first-order valence-corrected chi connectivity index (χ1v) is 6.14. The minimum atomic E-state index is -1.71. The van der Waals surface area contributed by atoms with Crippen LogP contribution in [0.25, 0.3) is 0 Å². The third kappa shape index (κ3) is 3.34. The number of methoxy groups -OCH3 is 1. The van der Waals surface area contributed by atoms with Gasteiger partial charge in [0, 0.05) is 0 Å². The van der Waals surface area contributed by atoms with Crippen molar-refractivity contribution >= 4 is 11.9 Å². The number of carbonyl (C=O) groups is 2. The van der Waals surface area contributed by atoms with Gasteiger partial charge in [0.2, 0.25) is 0 Å². The molecule has 0 radical (unpaired) electrons. The van der Waals surface area contributed by atoms with Gasteiger partial charge in [-0.3, -0.25) is 0 Å². The van der Waals surface area contributed by atoms with Crippen molar-refractivity contribution in [3.63, 3.8) is 0 Å². The molecular weight excluding hydrogens is 264 g/mol. The van der Waals surface area contributed by atoms with E-state index in [1.807, 2.05) is 0 Å². The summed E-state index contributed by atoms with van der Waals surface area (Å²) in [6, 6.07) is 4.60. The number of hydrogen-bond acceptors (Lipinski definition) is 6. The average Bonchev–Trinajstić information content (AvgIpc) is 2.45. The summed E-state index contributed by atoms with van der Waals surface area (Å²) in [7, 11) is 1.25. The monoisotopic (exact) mass is 282 g/mol. The molecule has 0 aliphatic heterocycles. The number of aliphatic hydroxyl groups excluding tert-OH is 2. The molecule has 0 fully saturated rings. The first kappa shape index (κ1) is 16.1. The van der Waals surface area contributed by atoms with Gasteiger partial charge in [0.05, 0.1) is 19.3 Å². The van der Waals surface area contributed by atoms with Crippen molar-refractivity contribution in [2.24, 2.45) is 0 Å². The molecule has 0 saturated heterocycles. The molecule has 2 N–H and O–H groups in total. The second-order valence-electron chi connectivity index (χ2n) is 4.15. The van der Waals surface area contributed by atoms with E-state index in [-0.39, 0.29) is 17.7 Å². The Labute approximate surface area is 116 Å². The summed E-state index contributed by atoms with van der Waals surface area (Å²) in [5.41, 5.74) is 0.976. The van der Waals surface area contributed by atoms with Crippen molar-refractivity contribution in [3.05, 3.63) is 34.9 Å². The van der Waals surface area contributed by atoms with Gasteiger partial charge in [0.15, 0.2) is 6.10 Å². The lowest BCUT2D eigenvalue weighted by Gasteiger charge is -2.19. The number of benzene rings is 1. The van der Waals surface area contributed by atoms with Crippen molar-refractivity contribution < 1.29 is 29.3 Å². The molecule has 6 nitrogen and oxygen atoms in total. The van der Waals surface area contributed by atoms with Crippen LogP contribution in [0.15, 0.2) is 18.2 Å². The van der Waals surface area contributed by atoms with Crippen LogP contribution in [0.5, 0.6) is 0 Å². The lowest BCUT2D eigenvalue weighted by atomic mass is 9.95. The fraction of sp³-hybridized carbons (Fsp3) is 0.429. The molecule has 0 spiro atoms. The number of esters is 2. The zero-order valence-corrected chi connectivity index (χ0v) is 11.6. The highest BCUT2D eigenvalue weighted by molar-refractivity contribution is 5.91. The van der Waals surface area contributed by atoms with Crippen molar-refractivity contribution in [2.75, 3.05) is 13.7 Å². The smallest absolute Gasteiger partial charge is 0.338 e. The average molecular weight is 282 g/mol. The van der Waals surface area contributed by atoms with E-state index in [0.717, 1.165) is 0 Å². The summed E-state index contributed by atoms with van der Waals surface area (Å²) in [6.45, 7) is 3.30. The molecule has 1 rings (SSSR count). The van der Waals surface area contributed by atoms with Crippen LogP contribution in [0, 0.1) is 6.92 Å². The van der Waals surface area contributed by atoms with E-state index in [2.05, 4.69) is 9.47 Å². The predicted octanol–water partition coefficient (Wildman–Crippen LogP) is 0.739. The highest BCUT2D eigenvalue weighted by Crippen LogP contribution is 2.24. The van der Waals surface area contributed by atoms with Crippen molar-refractivity contribution in [1.29, 1.82) is 0 Å². The zero-order chi connectivity index (χ0) is 15.3. The van der Waals surface area contributed by atoms with E-state index in [0.29, 0.717) is 5.56 Å². The number of hydrogen-bond donors (Lipinski definition) is 2. The third-order valence-corrected chi connectivity index (χ3v) is 2.93. The molecule has 1 aromatic rings. The quantitative estimate of drug-likeness (QED) is 0.774. The van der Waals surface area contributed by atoms with Gasteiger partial charge in [-0.25, -0.2) is 9.59 Å². The molecule has 0 bridgehead atoms. The molecule has 0 saturated carbocycles. The normalized spacial score (nSPS) is 13.4. The Morgan fingerprint density at radius 2 is 1.95 bits per heavy atom. The van der Waals surface area contributed by atoms with Crippen molar-refractivity contribution in [1.82, 2.24) is 0 Å². The molecule has 0 heterocycles. The Kier molecular flexibility index (Phi) is 5.66. The van der Waals surface area contributed by atoms with Gasteiger partial charge in [0.1, 0.15) is 6.10 Å². The molecule has 20 heavy (non-hydrogen) atoms. The van der Waals surface area contributed by atoms with Crippen LogP contribution in [0.1, 0.15) is 34.5 Å². The van der Waals surface area contributed by atoms with E-state index in [1.165, 1.54) is 25.3 Å². The van der Waals surface area contributed by atoms with Gasteiger partial charge >= 0.3 is 11.9 Å². The van der Waals surface area contributed by atoms with E-state index >= 15 is 0 Å². The molecule has 0 amide bonds. The highest BCUT2D eigenvalue weighted by Gasteiger charge is 2.29. The van der Waals surface area contributed by atoms with E-state index in [9.17, 15) is 19.8 Å². The molecule has 1 aromatic carbocycles. The first-order valence-electron chi connectivity index (χ1n) is 6.14. The fourth-order valence-corrected chi connectivity index (χ4v) is 1.83. The molecule has 110 valence electrons. The van der Waals surface area contributed by atoms with Crippen LogP contribution in [-0.4, -0.2) is 42.0 Å². The Balaban J connectivity index is 3.07. The maximum atomic E-state index is 11.6. The van der Waals surface area contributed by atoms with Crippen LogP contribution in [-0.2, 0) is 14.3 Å². The number of ether oxygens (including phenoxy) is 2. The van der Waals surface area contributed by atoms with E-state index in [1.54, 1.807) is 13.8 Å². The van der Waals surface area contributed by atoms with Gasteiger partial charge in [-0.1, -0.05) is 12.1 Å². The van der Waals surface area contributed by atoms with Crippen molar-refractivity contribution in [3.8, 4) is 0 Å². The molecular formula is C14H18O6. The summed E-state index contributed by atoms with van der Waals surface area (Å²) in [5.74, 6) is -1.47. The van der Waals surface area contributed by atoms with Crippen LogP contribution in [0.4, 0.5) is 0 Å². The largest absolute Gasteiger partial charge is 0.465 e. The summed E-state index contributed by atoms with van der Waals surface area (Å²) in [4.78, 5) is 23.0. The first-order chi connectivity index (χ1) is 9.43. The summed E-state index contributed by atoms with van der Waals surface area (Å²) in [5, 5.41) is 19.8. The number of rotatable bonds is 5. The maximum Gasteiger partial charge on any atom is 0.338 e. The topological polar surface area (TPSA) is 93.1 Å². The second-order valence-corrected chi connectivity index (χ2v) is 4.15. The van der Waals surface area contributed by atoms with Crippen molar-refractivity contribution in [2.45, 2.75) is 26.1 Å². The minimum absolute atomic E-state index is 0.101. The summed E-state index contributed by atoms with van der Waals surface area (Å²) >= 11 is 0. The second kappa shape index (κ2) is 7.02. The van der Waals surface area contributed by atoms with Crippen LogP contribution in [0.3, 0.4) is 0 Å². The van der Waals surface area contributed by atoms with Crippen LogP contribution in [0.2, 0.25) is 0 Å². The van der Waals surface area contributed by atoms with E-state index in [4.69, 9.17) is 0 Å². The third-order valence-electron chi connectivity index (χ3n) is 2.93. The number of aliphatic hydroxyl groups is 2. The zero-order valence-electron chi connectivity index (χ0n) is 11.6. The van der Waals surface area contributed by atoms with Gasteiger partial charge in [-0.15, -0.1) is 0 Å². The molecule has 6 heteroatoms. The Hall–Kier alpha value is -1.92. The van der Waals surface area contributed by atoms with Gasteiger partial charge in [0.25, 0.3) is 0 Å². The lowest BCUT2D eigenvalue weighted by molar-refractivity contribution is -0.159. The Morgan fingerprint density at radius 3 is 2.50 bits per heavy atom. The standard InChI is InChI=1S/C14H18O6/c1-4-20-14(18)12(16)11(15)9-6-5-7-10(8(9)2)13(17)19-3/h5-7,11-12,15-16H,4H2,1-3H3. The molecule has 0 aromatic heterocycles. The maximum absolute atomic E-state index is 11.6. The SMILES string of the molecule is CCOC(=O)C(O)C(O)c1cccc(C(=O)OC)c1C. The van der Waals surface area contributed by atoms with E-state index < -0.39 is 24.1 Å². The fourth-order valence-electron chi connectivity index (χ4n) is 1.83. The van der Waals surface area contributed by atoms with Gasteiger partial charge in [-0.2, -0.15) is 0 Å². The van der Waals surface area contributed by atoms with Crippen LogP contribution >= 0.6 is 0 Å². The Morgan fingerprint density at radius 1 is 1.30 bits per heavy atom. The van der Waals surface area contributed by atoms with Gasteiger partial charge < -0.3 is 19.7 Å². The molecule has 0 aliphatic carbocycles. The molecule has 2 atom stereocenters. The van der Waals surface area contributed by atoms with Gasteiger partial charge in [-0.05, 0) is 31.0 Å². The Bertz CT molecular complexity index is 496. The highest BCUT2D eigenvalue weighted by atomic mass is 16.5. The lowest BCUT2D eigenvalue weighted by Crippen LogP contribution is -2.30. The summed E-state index contributed by atoms with van der Waals surface area (Å²) < 4.78 is 9.27.